The fourth-order valence-corrected chi connectivity index (χ4v) is 5.94. The third-order valence-electron chi connectivity index (χ3n) is 8.89. The number of likely N-dealkylation sites (N-methyl/N-ethyl adjacent to an activating group) is 1. The summed E-state index contributed by atoms with van der Waals surface area (Å²) in [6.07, 6.45) is -5.76. The first-order valence-corrected chi connectivity index (χ1v) is 16.6. The fraction of sp³-hybridized carbons (Fsp3) is 0.333. The first-order chi connectivity index (χ1) is 24.2. The third kappa shape index (κ3) is 9.25. The van der Waals surface area contributed by atoms with Crippen molar-refractivity contribution in [3.05, 3.63) is 119 Å². The Hall–Kier alpha value is -4.94. The van der Waals surface area contributed by atoms with Crippen LogP contribution in [0.4, 0.5) is 23.2 Å². The highest BCUT2D eigenvalue weighted by Crippen LogP contribution is 2.36. The number of fused-ring (bicyclic) bond motifs is 1. The predicted octanol–water partition coefficient (Wildman–Crippen LogP) is 7.48. The van der Waals surface area contributed by atoms with Gasteiger partial charge in [-0.15, -0.1) is 0 Å². The van der Waals surface area contributed by atoms with E-state index >= 15 is 0 Å². The Labute approximate surface area is 294 Å². The van der Waals surface area contributed by atoms with Crippen LogP contribution in [0.2, 0.25) is 0 Å². The molecule has 270 valence electrons. The van der Waals surface area contributed by atoms with Crippen molar-refractivity contribution in [2.45, 2.75) is 52.1 Å². The average Bonchev–Trinajstić information content (AvgIpc) is 3.08. The second-order valence-electron chi connectivity index (χ2n) is 13.0. The molecule has 5 rings (SSSR count). The molecular formula is C39H41F4N3O5. The summed E-state index contributed by atoms with van der Waals surface area (Å²) in [4.78, 5) is 30.6. The molecular weight excluding hydrogens is 666 g/mol. The number of aliphatic hydroxyl groups excluding tert-OH is 1. The number of nitrogens with zero attached hydrogens (tertiary/aromatic N) is 2. The Kier molecular flexibility index (Phi) is 11.7. The number of aryl methyl sites for hydroxylation is 1. The Morgan fingerprint density at radius 2 is 1.80 bits per heavy atom. The summed E-state index contributed by atoms with van der Waals surface area (Å²) < 4.78 is 66.3. The van der Waals surface area contributed by atoms with Crippen LogP contribution in [-0.4, -0.2) is 65.6 Å². The number of alkyl halides is 3. The van der Waals surface area contributed by atoms with Gasteiger partial charge in [0.15, 0.2) is 5.75 Å². The highest BCUT2D eigenvalue weighted by Gasteiger charge is 2.35. The molecule has 0 saturated carbocycles. The van der Waals surface area contributed by atoms with Crippen molar-refractivity contribution in [2.24, 2.45) is 5.92 Å². The number of carbonyl (C=O) groups excluding carboxylic acids is 2. The minimum Gasteiger partial charge on any atom is -0.486 e. The topological polar surface area (TPSA) is 91.3 Å². The van der Waals surface area contributed by atoms with E-state index in [0.717, 1.165) is 29.0 Å². The largest absolute Gasteiger partial charge is 0.486 e. The molecule has 3 atom stereocenters. The second-order valence-corrected chi connectivity index (χ2v) is 13.0. The third-order valence-corrected chi connectivity index (χ3v) is 8.89. The van der Waals surface area contributed by atoms with Crippen LogP contribution >= 0.6 is 0 Å². The smallest absolute Gasteiger partial charge is 0.416 e. The second kappa shape index (κ2) is 15.9. The van der Waals surface area contributed by atoms with Gasteiger partial charge in [-0.1, -0.05) is 49.4 Å². The van der Waals surface area contributed by atoms with Crippen molar-refractivity contribution >= 4 is 17.5 Å². The lowest BCUT2D eigenvalue weighted by Gasteiger charge is -2.38. The highest BCUT2D eigenvalue weighted by atomic mass is 19.4. The van der Waals surface area contributed by atoms with Crippen molar-refractivity contribution in [2.75, 3.05) is 32.1 Å². The van der Waals surface area contributed by atoms with Gasteiger partial charge in [-0.3, -0.25) is 14.5 Å². The molecule has 0 aliphatic carbocycles. The number of aliphatic hydroxyl groups is 1. The molecule has 0 bridgehead atoms. The number of nitrogens with one attached hydrogen (secondary N) is 1. The Morgan fingerprint density at radius 3 is 2.47 bits per heavy atom. The molecule has 1 aliphatic heterocycles. The molecule has 0 aromatic heterocycles. The van der Waals surface area contributed by atoms with Crippen LogP contribution in [0.1, 0.15) is 46.5 Å². The van der Waals surface area contributed by atoms with Crippen LogP contribution in [0, 0.1) is 18.7 Å². The predicted molar refractivity (Wildman–Crippen MR) is 185 cm³/mol. The first kappa shape index (κ1) is 37.3. The van der Waals surface area contributed by atoms with Crippen molar-refractivity contribution in [1.82, 2.24) is 9.80 Å². The van der Waals surface area contributed by atoms with E-state index < -0.39 is 47.9 Å². The van der Waals surface area contributed by atoms with Gasteiger partial charge >= 0.3 is 6.18 Å². The summed E-state index contributed by atoms with van der Waals surface area (Å²) in [6, 6.07) is 21.7. The number of carbonyl (C=O) groups is 2. The number of benzene rings is 4. The quantitative estimate of drug-likeness (QED) is 0.157. The number of hydrogen-bond acceptors (Lipinski definition) is 6. The van der Waals surface area contributed by atoms with E-state index in [1.54, 1.807) is 30.0 Å². The van der Waals surface area contributed by atoms with Crippen LogP contribution in [0.5, 0.6) is 17.2 Å². The van der Waals surface area contributed by atoms with E-state index in [1.165, 1.54) is 0 Å². The van der Waals surface area contributed by atoms with Gasteiger partial charge < -0.3 is 24.8 Å². The minimum atomic E-state index is -4.73. The number of halogens is 4. The molecule has 0 spiro atoms. The summed E-state index contributed by atoms with van der Waals surface area (Å²) >= 11 is 0. The van der Waals surface area contributed by atoms with Crippen LogP contribution in [-0.2, 0) is 23.9 Å². The molecule has 2 amide bonds. The Bertz CT molecular complexity index is 1850. The van der Waals surface area contributed by atoms with Gasteiger partial charge in [0.25, 0.3) is 5.91 Å². The summed E-state index contributed by atoms with van der Waals surface area (Å²) in [6.45, 7) is 6.69. The SMILES string of the molecule is Cc1ccccc1Oc1ccc(CN(C)C[C@H]2Oc3c(NC(=O)Cc4ccc(C(F)(F)F)cc4F)cccc3C(=O)N(C(C)CO)C[C@H]2C)cc1. The zero-order valence-electron chi connectivity index (χ0n) is 28.8. The van der Waals surface area contributed by atoms with Gasteiger partial charge in [0, 0.05) is 25.6 Å². The summed E-state index contributed by atoms with van der Waals surface area (Å²) in [7, 11) is 1.94. The molecule has 4 aromatic rings. The summed E-state index contributed by atoms with van der Waals surface area (Å²) in [5, 5.41) is 12.7. The number of hydrogen-bond donors (Lipinski definition) is 2. The molecule has 1 unspecified atom stereocenters. The number of ether oxygens (including phenoxy) is 2. The van der Waals surface area contributed by atoms with Crippen LogP contribution in [0.25, 0.3) is 0 Å². The van der Waals surface area contributed by atoms with Crippen molar-refractivity contribution in [1.29, 1.82) is 0 Å². The zero-order valence-corrected chi connectivity index (χ0v) is 28.8. The van der Waals surface area contributed by atoms with Gasteiger partial charge in [-0.2, -0.15) is 13.2 Å². The summed E-state index contributed by atoms with van der Waals surface area (Å²) in [5.74, 6) is -0.879. The van der Waals surface area contributed by atoms with Gasteiger partial charge in [0.05, 0.1) is 35.9 Å². The maximum absolute atomic E-state index is 14.6. The molecule has 1 aliphatic rings. The molecule has 4 aromatic carbocycles. The molecule has 1 heterocycles. The van der Waals surface area contributed by atoms with Crippen molar-refractivity contribution < 1.29 is 41.7 Å². The Morgan fingerprint density at radius 1 is 1.08 bits per heavy atom. The molecule has 51 heavy (non-hydrogen) atoms. The van der Waals surface area contributed by atoms with E-state index in [9.17, 15) is 32.3 Å². The van der Waals surface area contributed by atoms with Crippen LogP contribution < -0.4 is 14.8 Å². The zero-order chi connectivity index (χ0) is 36.9. The minimum absolute atomic E-state index is 0.113. The number of amides is 2. The van der Waals surface area contributed by atoms with Gasteiger partial charge in [-0.25, -0.2) is 4.39 Å². The number of anilines is 1. The van der Waals surface area contributed by atoms with Crippen molar-refractivity contribution in [3.8, 4) is 17.2 Å². The van der Waals surface area contributed by atoms with E-state index in [4.69, 9.17) is 9.47 Å². The monoisotopic (exact) mass is 707 g/mol. The first-order valence-electron chi connectivity index (χ1n) is 16.6. The molecule has 8 nitrogen and oxygen atoms in total. The van der Waals surface area contributed by atoms with E-state index in [1.807, 2.05) is 69.4 Å². The van der Waals surface area contributed by atoms with Gasteiger partial charge in [0.1, 0.15) is 23.4 Å². The number of rotatable bonds is 11. The molecule has 0 fully saturated rings. The van der Waals surface area contributed by atoms with E-state index in [0.29, 0.717) is 31.5 Å². The molecule has 0 radical (unpaired) electrons. The Balaban J connectivity index is 1.35. The average molecular weight is 708 g/mol. The summed E-state index contributed by atoms with van der Waals surface area (Å²) in [5.41, 5.74) is 1.00. The van der Waals surface area contributed by atoms with Crippen molar-refractivity contribution in [3.63, 3.8) is 0 Å². The molecule has 0 saturated heterocycles. The molecule has 12 heteroatoms. The highest BCUT2D eigenvalue weighted by molar-refractivity contribution is 6.02. The van der Waals surface area contributed by atoms with Crippen LogP contribution in [0.3, 0.4) is 0 Å². The van der Waals surface area contributed by atoms with Gasteiger partial charge in [-0.05, 0) is 80.1 Å². The molecule has 2 N–H and O–H groups in total. The lowest BCUT2D eigenvalue weighted by atomic mass is 9.98. The normalized spacial score (nSPS) is 16.9. The lowest BCUT2D eigenvalue weighted by Crippen LogP contribution is -2.49. The standard InChI is InChI=1S/C39H41F4N3O5/c1-24-8-5-6-11-34(24)50-30-16-12-27(13-17-30)21-45(4)22-35-25(2)20-46(26(3)23-47)38(49)31-9-7-10-33(37(31)51-35)44-36(48)18-28-14-15-29(19-32(28)40)39(41,42)43/h5-17,19,25-26,35,47H,18,20-23H2,1-4H3,(H,44,48)/t25-,26?,35-/m1/s1. The van der Waals surface area contributed by atoms with Crippen LogP contribution in [0.15, 0.2) is 84.9 Å². The maximum atomic E-state index is 14.6. The van der Waals surface area contributed by atoms with Gasteiger partial charge in [0.2, 0.25) is 5.91 Å². The van der Waals surface area contributed by atoms with E-state index in [2.05, 4.69) is 10.2 Å². The number of para-hydroxylation sites is 2. The fourth-order valence-electron chi connectivity index (χ4n) is 5.94. The lowest BCUT2D eigenvalue weighted by molar-refractivity contribution is -0.137. The van der Waals surface area contributed by atoms with E-state index in [-0.39, 0.29) is 35.1 Å². The maximum Gasteiger partial charge on any atom is 0.416 e.